The van der Waals surface area contributed by atoms with Crippen LogP contribution in [0, 0.1) is 0 Å². The smallest absolute Gasteiger partial charge is 0.228 e. The Kier molecular flexibility index (Phi) is 6.00. The van der Waals surface area contributed by atoms with Gasteiger partial charge >= 0.3 is 0 Å². The number of hydrogen-bond donors (Lipinski definition) is 1. The molecule has 1 aromatic carbocycles. The van der Waals surface area contributed by atoms with Gasteiger partial charge in [-0.2, -0.15) is 0 Å². The van der Waals surface area contributed by atoms with Crippen LogP contribution in [0.5, 0.6) is 0 Å². The lowest BCUT2D eigenvalue weighted by molar-refractivity contribution is 0.0951. The van der Waals surface area contributed by atoms with E-state index in [0.717, 1.165) is 66.7 Å². The maximum atomic E-state index is 13.3. The van der Waals surface area contributed by atoms with Gasteiger partial charge in [-0.15, -0.1) is 10.2 Å². The van der Waals surface area contributed by atoms with Crippen molar-refractivity contribution in [3.63, 3.8) is 0 Å². The molecule has 0 radical (unpaired) electrons. The van der Waals surface area contributed by atoms with Crippen LogP contribution in [0.2, 0.25) is 0 Å². The molecule has 2 aliphatic rings. The fourth-order valence-electron chi connectivity index (χ4n) is 4.55. The number of Topliss-reactive ketones (excluding diaryl/α,β-unsaturated/α-hetero) is 1. The SMILES string of the molecule is CC(Sc1nnc(N2CCCCC2)n1CC1CCCO1)C(=O)c1c[nH]c2ccccc12. The number of anilines is 1. The Morgan fingerprint density at radius 1 is 1.23 bits per heavy atom. The van der Waals surface area contributed by atoms with Crippen molar-refractivity contribution in [1.29, 1.82) is 0 Å². The highest BCUT2D eigenvalue weighted by Crippen LogP contribution is 2.31. The fourth-order valence-corrected chi connectivity index (χ4v) is 5.48. The highest BCUT2D eigenvalue weighted by atomic mass is 32.2. The third-order valence-electron chi connectivity index (χ3n) is 6.25. The van der Waals surface area contributed by atoms with E-state index >= 15 is 0 Å². The molecule has 7 nitrogen and oxygen atoms in total. The predicted molar refractivity (Wildman–Crippen MR) is 123 cm³/mol. The van der Waals surface area contributed by atoms with E-state index in [1.807, 2.05) is 37.4 Å². The number of carbonyl (C=O) groups is 1. The fraction of sp³-hybridized carbons (Fsp3) is 0.522. The van der Waals surface area contributed by atoms with E-state index < -0.39 is 0 Å². The number of nitrogens with zero attached hydrogens (tertiary/aromatic N) is 4. The lowest BCUT2D eigenvalue weighted by Crippen LogP contribution is -2.33. The van der Waals surface area contributed by atoms with E-state index in [1.54, 1.807) is 0 Å². The molecular weight excluding hydrogens is 410 g/mol. The lowest BCUT2D eigenvalue weighted by Gasteiger charge is -2.28. The van der Waals surface area contributed by atoms with Crippen molar-refractivity contribution in [3.05, 3.63) is 36.0 Å². The van der Waals surface area contributed by atoms with Gasteiger partial charge in [-0.1, -0.05) is 30.0 Å². The summed E-state index contributed by atoms with van der Waals surface area (Å²) >= 11 is 1.50. The summed E-state index contributed by atoms with van der Waals surface area (Å²) in [6.45, 7) is 5.55. The Balaban J connectivity index is 1.39. The molecule has 164 valence electrons. The van der Waals surface area contributed by atoms with Crippen LogP contribution in [0.1, 0.15) is 49.4 Å². The first-order chi connectivity index (χ1) is 15.2. The first-order valence-electron chi connectivity index (χ1n) is 11.3. The number of fused-ring (bicyclic) bond motifs is 1. The van der Waals surface area contributed by atoms with Crippen molar-refractivity contribution >= 4 is 34.4 Å². The molecule has 5 rings (SSSR count). The number of thioether (sulfide) groups is 1. The summed E-state index contributed by atoms with van der Waals surface area (Å²) in [5.41, 5.74) is 1.72. The number of piperidine rings is 1. The minimum atomic E-state index is -0.263. The number of aromatic amines is 1. The van der Waals surface area contributed by atoms with Gasteiger partial charge in [0.15, 0.2) is 10.9 Å². The Labute approximate surface area is 186 Å². The summed E-state index contributed by atoms with van der Waals surface area (Å²) in [5, 5.41) is 10.6. The van der Waals surface area contributed by atoms with Crippen LogP contribution in [-0.4, -0.2) is 56.6 Å². The Morgan fingerprint density at radius 2 is 2.06 bits per heavy atom. The molecule has 31 heavy (non-hydrogen) atoms. The summed E-state index contributed by atoms with van der Waals surface area (Å²) in [6.07, 6.45) is 7.82. The van der Waals surface area contributed by atoms with Gasteiger partial charge < -0.3 is 14.6 Å². The summed E-state index contributed by atoms with van der Waals surface area (Å²) in [7, 11) is 0. The minimum absolute atomic E-state index is 0.105. The summed E-state index contributed by atoms with van der Waals surface area (Å²) in [6, 6.07) is 7.92. The largest absolute Gasteiger partial charge is 0.376 e. The molecule has 0 amide bonds. The first kappa shape index (κ1) is 20.6. The van der Waals surface area contributed by atoms with Crippen LogP contribution in [0.4, 0.5) is 5.95 Å². The van der Waals surface area contributed by atoms with Crippen molar-refractivity contribution in [2.75, 3.05) is 24.6 Å². The standard InChI is InChI=1S/C23H29N5O2S/c1-16(21(29)19-14-24-20-10-4-3-9-18(19)20)31-23-26-25-22(27-11-5-2-6-12-27)28(23)15-17-8-7-13-30-17/h3-4,9-10,14,16-17,24H,2,5-8,11-13,15H2,1H3. The number of carbonyl (C=O) groups excluding carboxylic acids is 1. The molecule has 1 N–H and O–H groups in total. The molecule has 3 aromatic rings. The molecule has 2 saturated heterocycles. The van der Waals surface area contributed by atoms with Crippen molar-refractivity contribution in [3.8, 4) is 0 Å². The molecular formula is C23H29N5O2S. The number of nitrogens with one attached hydrogen (secondary N) is 1. The van der Waals surface area contributed by atoms with Crippen molar-refractivity contribution in [1.82, 2.24) is 19.7 Å². The van der Waals surface area contributed by atoms with Gasteiger partial charge in [0.25, 0.3) is 0 Å². The number of benzene rings is 1. The average molecular weight is 440 g/mol. The number of ketones is 1. The maximum Gasteiger partial charge on any atom is 0.228 e. The molecule has 0 spiro atoms. The Hall–Kier alpha value is -2.32. The highest BCUT2D eigenvalue weighted by molar-refractivity contribution is 8.00. The van der Waals surface area contributed by atoms with Gasteiger partial charge in [0.1, 0.15) is 0 Å². The van der Waals surface area contributed by atoms with Crippen molar-refractivity contribution in [2.24, 2.45) is 0 Å². The number of rotatable bonds is 7. The molecule has 0 aliphatic carbocycles. The molecule has 2 aliphatic heterocycles. The van der Waals surface area contributed by atoms with Crippen molar-refractivity contribution in [2.45, 2.75) is 62.1 Å². The van der Waals surface area contributed by atoms with Gasteiger partial charge in [-0.05, 0) is 45.1 Å². The quantitative estimate of drug-likeness (QED) is 0.437. The second-order valence-electron chi connectivity index (χ2n) is 8.45. The molecule has 2 fully saturated rings. The monoisotopic (exact) mass is 439 g/mol. The van der Waals surface area contributed by atoms with Crippen LogP contribution in [0.15, 0.2) is 35.6 Å². The van der Waals surface area contributed by atoms with E-state index in [4.69, 9.17) is 4.74 Å². The normalized spacial score (nSPS) is 20.4. The van der Waals surface area contributed by atoms with Crippen LogP contribution in [0.3, 0.4) is 0 Å². The van der Waals surface area contributed by atoms with Crippen LogP contribution in [0.25, 0.3) is 10.9 Å². The molecule has 2 unspecified atom stereocenters. The van der Waals surface area contributed by atoms with E-state index in [2.05, 4.69) is 24.6 Å². The topological polar surface area (TPSA) is 76.0 Å². The third kappa shape index (κ3) is 4.23. The van der Waals surface area contributed by atoms with E-state index in [1.165, 1.54) is 31.0 Å². The third-order valence-corrected chi connectivity index (χ3v) is 7.33. The molecule has 2 aromatic heterocycles. The Bertz CT molecular complexity index is 1050. The zero-order chi connectivity index (χ0) is 21.2. The van der Waals surface area contributed by atoms with Gasteiger partial charge in [0, 0.05) is 42.4 Å². The number of ether oxygens (including phenoxy) is 1. The number of aromatic nitrogens is 4. The van der Waals surface area contributed by atoms with Gasteiger partial charge in [0.2, 0.25) is 5.95 Å². The van der Waals surface area contributed by atoms with E-state index in [0.29, 0.717) is 0 Å². The van der Waals surface area contributed by atoms with E-state index in [-0.39, 0.29) is 17.1 Å². The molecule has 4 heterocycles. The lowest BCUT2D eigenvalue weighted by atomic mass is 10.1. The Morgan fingerprint density at radius 3 is 2.87 bits per heavy atom. The average Bonchev–Trinajstić information content (AvgIpc) is 3.55. The van der Waals surface area contributed by atoms with Crippen molar-refractivity contribution < 1.29 is 9.53 Å². The van der Waals surface area contributed by atoms with Gasteiger partial charge in [-0.25, -0.2) is 0 Å². The number of hydrogen-bond acceptors (Lipinski definition) is 6. The van der Waals surface area contributed by atoms with Crippen LogP contribution >= 0.6 is 11.8 Å². The maximum absolute atomic E-state index is 13.3. The molecule has 2 atom stereocenters. The highest BCUT2D eigenvalue weighted by Gasteiger charge is 2.27. The second kappa shape index (κ2) is 9.04. The predicted octanol–water partition coefficient (Wildman–Crippen LogP) is 4.29. The first-order valence-corrected chi connectivity index (χ1v) is 12.2. The second-order valence-corrected chi connectivity index (χ2v) is 9.76. The van der Waals surface area contributed by atoms with Gasteiger partial charge in [-0.3, -0.25) is 9.36 Å². The minimum Gasteiger partial charge on any atom is -0.376 e. The summed E-state index contributed by atoms with van der Waals surface area (Å²) in [4.78, 5) is 18.8. The van der Waals surface area contributed by atoms with Crippen LogP contribution < -0.4 is 4.90 Å². The zero-order valence-electron chi connectivity index (χ0n) is 17.9. The summed E-state index contributed by atoms with van der Waals surface area (Å²) in [5.74, 6) is 1.03. The molecule has 0 bridgehead atoms. The summed E-state index contributed by atoms with van der Waals surface area (Å²) < 4.78 is 8.09. The molecule has 0 saturated carbocycles. The molecule has 8 heteroatoms. The number of H-pyrrole nitrogens is 1. The zero-order valence-corrected chi connectivity index (χ0v) is 18.7. The number of para-hydroxylation sites is 1. The van der Waals surface area contributed by atoms with E-state index in [9.17, 15) is 4.79 Å². The van der Waals surface area contributed by atoms with Gasteiger partial charge in [0.05, 0.1) is 17.9 Å². The van der Waals surface area contributed by atoms with Crippen LogP contribution in [-0.2, 0) is 11.3 Å².